The van der Waals surface area contributed by atoms with Crippen molar-refractivity contribution in [3.8, 4) is 0 Å². The summed E-state index contributed by atoms with van der Waals surface area (Å²) in [5.74, 6) is 0.745. The average molecular weight is 364 g/mol. The number of hydrogen-bond donors (Lipinski definition) is 1. The van der Waals surface area contributed by atoms with Crippen molar-refractivity contribution in [1.82, 2.24) is 15.3 Å². The molecule has 3 heterocycles. The predicted molar refractivity (Wildman–Crippen MR) is 106 cm³/mol. The van der Waals surface area contributed by atoms with Crippen molar-refractivity contribution in [2.75, 3.05) is 29.5 Å². The van der Waals surface area contributed by atoms with Gasteiger partial charge in [-0.3, -0.25) is 9.80 Å². The molecule has 4 rings (SSSR count). The van der Waals surface area contributed by atoms with Gasteiger partial charge in [0.2, 0.25) is 5.95 Å². The van der Waals surface area contributed by atoms with Crippen LogP contribution in [0.1, 0.15) is 36.5 Å². The maximum absolute atomic E-state index is 12.6. The van der Waals surface area contributed by atoms with Crippen molar-refractivity contribution >= 4 is 23.3 Å². The molecule has 0 atom stereocenters. The summed E-state index contributed by atoms with van der Waals surface area (Å²) in [6, 6.07) is 9.68. The Morgan fingerprint density at radius 1 is 1.07 bits per heavy atom. The van der Waals surface area contributed by atoms with Gasteiger partial charge in [0, 0.05) is 55.8 Å². The van der Waals surface area contributed by atoms with E-state index in [9.17, 15) is 4.79 Å². The molecule has 1 aromatic carbocycles. The molecule has 27 heavy (non-hydrogen) atoms. The molecule has 0 saturated carbocycles. The largest absolute Gasteiger partial charge is 0.349 e. The number of amides is 1. The summed E-state index contributed by atoms with van der Waals surface area (Å²) in [5, 5.41) is 9.63. The summed E-state index contributed by atoms with van der Waals surface area (Å²) in [7, 11) is 0. The fourth-order valence-corrected chi connectivity index (χ4v) is 3.49. The lowest BCUT2D eigenvalue weighted by atomic mass is 10.0. The zero-order chi connectivity index (χ0) is 18.6. The lowest BCUT2D eigenvalue weighted by Crippen LogP contribution is -2.45. The number of hydrogen-bond acceptors (Lipinski definition) is 6. The van der Waals surface area contributed by atoms with E-state index >= 15 is 0 Å². The smallest absolute Gasteiger partial charge is 0.251 e. The lowest BCUT2D eigenvalue weighted by Gasteiger charge is -2.32. The standard InChI is InChI=1S/C20H24N6O/c1-15-7-14-26(24-15)18-5-3-16(4-6-18)19(27)23-17-8-12-25(13-9-17)20-21-10-2-11-22-20/h2-6,10-11,17H,7-9,12-14H2,1H3,(H,23,27). The zero-order valence-corrected chi connectivity index (χ0v) is 15.5. The number of carbonyl (C=O) groups is 1. The Balaban J connectivity index is 1.31. The highest BCUT2D eigenvalue weighted by Crippen LogP contribution is 2.20. The van der Waals surface area contributed by atoms with Gasteiger partial charge >= 0.3 is 0 Å². The van der Waals surface area contributed by atoms with Gasteiger partial charge in [0.25, 0.3) is 5.91 Å². The number of piperidine rings is 1. The summed E-state index contributed by atoms with van der Waals surface area (Å²) < 4.78 is 0. The van der Waals surface area contributed by atoms with Crippen LogP contribution in [0, 0.1) is 0 Å². The first-order valence-electron chi connectivity index (χ1n) is 9.43. The van der Waals surface area contributed by atoms with Crippen LogP contribution in [-0.4, -0.2) is 47.3 Å². The van der Waals surface area contributed by atoms with E-state index in [0.717, 1.165) is 56.2 Å². The minimum absolute atomic E-state index is 0.0166. The van der Waals surface area contributed by atoms with E-state index in [4.69, 9.17) is 0 Å². The van der Waals surface area contributed by atoms with E-state index in [1.54, 1.807) is 12.4 Å². The number of nitrogens with zero attached hydrogens (tertiary/aromatic N) is 5. The number of benzene rings is 1. The highest BCUT2D eigenvalue weighted by Gasteiger charge is 2.22. The summed E-state index contributed by atoms with van der Waals surface area (Å²) in [6.45, 7) is 4.64. The molecule has 0 radical (unpaired) electrons. The SMILES string of the molecule is CC1=NN(c2ccc(C(=O)NC3CCN(c4ncccn4)CC3)cc2)CC1. The average Bonchev–Trinajstić information content (AvgIpc) is 3.16. The molecular formula is C20H24N6O. The Morgan fingerprint density at radius 3 is 2.41 bits per heavy atom. The van der Waals surface area contributed by atoms with Crippen LogP contribution in [0.5, 0.6) is 0 Å². The van der Waals surface area contributed by atoms with Gasteiger partial charge in [-0.2, -0.15) is 5.10 Å². The number of hydrazone groups is 1. The monoisotopic (exact) mass is 364 g/mol. The summed E-state index contributed by atoms with van der Waals surface area (Å²) >= 11 is 0. The molecule has 2 aliphatic heterocycles. The molecule has 7 heteroatoms. The van der Waals surface area contributed by atoms with Crippen LogP contribution in [0.2, 0.25) is 0 Å². The first-order valence-corrected chi connectivity index (χ1v) is 9.43. The number of aromatic nitrogens is 2. The van der Waals surface area contributed by atoms with E-state index in [1.165, 1.54) is 0 Å². The second-order valence-corrected chi connectivity index (χ2v) is 7.04. The number of anilines is 2. The third-order valence-electron chi connectivity index (χ3n) is 5.07. The molecule has 1 saturated heterocycles. The minimum atomic E-state index is -0.0166. The minimum Gasteiger partial charge on any atom is -0.349 e. The predicted octanol–water partition coefficient (Wildman–Crippen LogP) is 2.46. The third kappa shape index (κ3) is 4.07. The van der Waals surface area contributed by atoms with Gasteiger partial charge < -0.3 is 10.2 Å². The molecule has 0 aliphatic carbocycles. The second kappa shape index (κ2) is 7.73. The molecule has 2 aliphatic rings. The molecule has 1 N–H and O–H groups in total. The van der Waals surface area contributed by atoms with Crippen molar-refractivity contribution < 1.29 is 4.79 Å². The Kier molecular flexibility index (Phi) is 5.00. The van der Waals surface area contributed by atoms with Crippen LogP contribution >= 0.6 is 0 Å². The second-order valence-electron chi connectivity index (χ2n) is 7.04. The maximum Gasteiger partial charge on any atom is 0.251 e. The van der Waals surface area contributed by atoms with Crippen molar-refractivity contribution in [3.63, 3.8) is 0 Å². The Labute approximate surface area is 159 Å². The van der Waals surface area contributed by atoms with Gasteiger partial charge in [-0.25, -0.2) is 9.97 Å². The van der Waals surface area contributed by atoms with Crippen LogP contribution in [-0.2, 0) is 0 Å². The van der Waals surface area contributed by atoms with Crippen LogP contribution < -0.4 is 15.2 Å². The molecule has 1 amide bonds. The quantitative estimate of drug-likeness (QED) is 0.902. The molecule has 1 aromatic heterocycles. The fourth-order valence-electron chi connectivity index (χ4n) is 3.49. The number of rotatable bonds is 4. The first-order chi connectivity index (χ1) is 13.2. The van der Waals surface area contributed by atoms with Crippen molar-refractivity contribution in [3.05, 3.63) is 48.3 Å². The van der Waals surface area contributed by atoms with E-state index in [2.05, 4.69) is 25.3 Å². The lowest BCUT2D eigenvalue weighted by molar-refractivity contribution is 0.0931. The highest BCUT2D eigenvalue weighted by atomic mass is 16.1. The van der Waals surface area contributed by atoms with Crippen molar-refractivity contribution in [2.45, 2.75) is 32.2 Å². The van der Waals surface area contributed by atoms with Crippen LogP contribution in [0.25, 0.3) is 0 Å². The fraction of sp³-hybridized carbons (Fsp3) is 0.400. The van der Waals surface area contributed by atoms with E-state index in [0.29, 0.717) is 5.56 Å². The van der Waals surface area contributed by atoms with Crippen LogP contribution in [0.15, 0.2) is 47.8 Å². The van der Waals surface area contributed by atoms with Crippen LogP contribution in [0.3, 0.4) is 0 Å². The van der Waals surface area contributed by atoms with Gasteiger partial charge in [-0.05, 0) is 50.1 Å². The molecule has 0 spiro atoms. The van der Waals surface area contributed by atoms with Gasteiger partial charge in [0.15, 0.2) is 0 Å². The Morgan fingerprint density at radius 2 is 1.78 bits per heavy atom. The highest BCUT2D eigenvalue weighted by molar-refractivity contribution is 5.94. The summed E-state index contributed by atoms with van der Waals surface area (Å²) in [4.78, 5) is 23.3. The van der Waals surface area contributed by atoms with Gasteiger partial charge in [0.05, 0.1) is 5.69 Å². The summed E-state index contributed by atoms with van der Waals surface area (Å²) in [6.07, 6.45) is 6.30. The third-order valence-corrected chi connectivity index (χ3v) is 5.07. The van der Waals surface area contributed by atoms with E-state index in [1.807, 2.05) is 42.3 Å². The summed E-state index contributed by atoms with van der Waals surface area (Å²) in [5.41, 5.74) is 2.86. The normalized spacial score (nSPS) is 17.7. The molecular weight excluding hydrogens is 340 g/mol. The zero-order valence-electron chi connectivity index (χ0n) is 15.5. The molecule has 1 fully saturated rings. The van der Waals surface area contributed by atoms with Crippen LogP contribution in [0.4, 0.5) is 11.6 Å². The topological polar surface area (TPSA) is 73.7 Å². The molecule has 140 valence electrons. The van der Waals surface area contributed by atoms with Gasteiger partial charge in [-0.15, -0.1) is 0 Å². The van der Waals surface area contributed by atoms with Gasteiger partial charge in [-0.1, -0.05) is 0 Å². The van der Waals surface area contributed by atoms with Crippen molar-refractivity contribution in [2.24, 2.45) is 5.10 Å². The first kappa shape index (κ1) is 17.5. The van der Waals surface area contributed by atoms with E-state index in [-0.39, 0.29) is 11.9 Å². The number of carbonyl (C=O) groups excluding carboxylic acids is 1. The molecule has 0 bridgehead atoms. The molecule has 2 aromatic rings. The van der Waals surface area contributed by atoms with Gasteiger partial charge in [0.1, 0.15) is 0 Å². The van der Waals surface area contributed by atoms with Crippen molar-refractivity contribution in [1.29, 1.82) is 0 Å². The van der Waals surface area contributed by atoms with E-state index < -0.39 is 0 Å². The number of nitrogens with one attached hydrogen (secondary N) is 1. The Hall–Kier alpha value is -2.96. The molecule has 0 unspecified atom stereocenters. The molecule has 7 nitrogen and oxygen atoms in total. The maximum atomic E-state index is 12.6. The Bertz CT molecular complexity index is 812.